The molecule has 1 aliphatic heterocycles. The van der Waals surface area contributed by atoms with Crippen molar-refractivity contribution in [3.8, 4) is 0 Å². The van der Waals surface area contributed by atoms with Crippen LogP contribution < -0.4 is 5.06 Å². The molecule has 0 radical (unpaired) electrons. The van der Waals surface area contributed by atoms with Gasteiger partial charge in [-0.25, -0.2) is 9.18 Å². The zero-order valence-electron chi connectivity index (χ0n) is 7.36. The van der Waals surface area contributed by atoms with Crippen molar-refractivity contribution >= 4 is 23.4 Å². The lowest BCUT2D eigenvalue weighted by atomic mass is 10.3. The molecule has 1 aliphatic rings. The molecule has 1 heterocycles. The van der Waals surface area contributed by atoms with E-state index in [-0.39, 0.29) is 10.6 Å². The van der Waals surface area contributed by atoms with Crippen LogP contribution >= 0.6 is 11.8 Å². The van der Waals surface area contributed by atoms with E-state index in [2.05, 4.69) is 0 Å². The summed E-state index contributed by atoms with van der Waals surface area (Å²) in [7, 11) is 0. The molecule has 1 aromatic carbocycles. The van der Waals surface area contributed by atoms with E-state index >= 15 is 0 Å². The highest BCUT2D eigenvalue weighted by atomic mass is 32.2. The van der Waals surface area contributed by atoms with Crippen LogP contribution in [0.25, 0.3) is 0 Å². The Morgan fingerprint density at radius 2 is 2.27 bits per heavy atom. The van der Waals surface area contributed by atoms with E-state index in [4.69, 9.17) is 5.11 Å². The molecule has 0 fully saturated rings. The number of thioether (sulfide) groups is 1. The molecular weight excluding hydrogens is 221 g/mol. The Kier molecular flexibility index (Phi) is 2.47. The van der Waals surface area contributed by atoms with E-state index in [0.29, 0.717) is 4.90 Å². The Bertz CT molecular complexity index is 461. The third kappa shape index (κ3) is 1.87. The molecule has 0 saturated heterocycles. The highest BCUT2D eigenvalue weighted by Gasteiger charge is 2.23. The normalized spacial score (nSPS) is 19.3. The van der Waals surface area contributed by atoms with E-state index in [1.807, 2.05) is 0 Å². The van der Waals surface area contributed by atoms with Gasteiger partial charge in [0.05, 0.1) is 4.90 Å². The molecule has 1 aromatic rings. The number of quaternary nitrogens is 1. The first-order chi connectivity index (χ1) is 7.08. The second-order valence-corrected chi connectivity index (χ2v) is 4.00. The molecule has 0 amide bonds. The number of aliphatic carboxylic acids is 1. The molecule has 0 spiro atoms. The number of rotatable bonds is 1. The Hall–Kier alpha value is -1.37. The summed E-state index contributed by atoms with van der Waals surface area (Å²) >= 11 is 0.952. The van der Waals surface area contributed by atoms with E-state index < -0.39 is 16.8 Å². The third-order valence-corrected chi connectivity index (χ3v) is 2.99. The van der Waals surface area contributed by atoms with Gasteiger partial charge in [-0.1, -0.05) is 11.8 Å². The van der Waals surface area contributed by atoms with Crippen molar-refractivity contribution < 1.29 is 19.4 Å². The summed E-state index contributed by atoms with van der Waals surface area (Å²) in [6, 6.07) is 3.72. The lowest BCUT2D eigenvalue weighted by molar-refractivity contribution is -0.716. The smallest absolute Gasteiger partial charge is 0.348 e. The van der Waals surface area contributed by atoms with Crippen LogP contribution in [0.5, 0.6) is 0 Å². The lowest BCUT2D eigenvalue weighted by Crippen LogP contribution is -2.97. The van der Waals surface area contributed by atoms with Gasteiger partial charge in [0.2, 0.25) is 0 Å². The van der Waals surface area contributed by atoms with Crippen LogP contribution in [-0.2, 0) is 4.79 Å². The maximum atomic E-state index is 12.8. The first-order valence-corrected chi connectivity index (χ1v) is 4.86. The highest BCUT2D eigenvalue weighted by molar-refractivity contribution is 8.04. The molecular formula is C9H6FNO3S. The minimum atomic E-state index is -1.15. The molecule has 6 heteroatoms. The minimum absolute atomic E-state index is 0.0425. The van der Waals surface area contributed by atoms with Crippen molar-refractivity contribution in [2.75, 3.05) is 0 Å². The number of halogens is 1. The zero-order valence-corrected chi connectivity index (χ0v) is 8.18. The topological polar surface area (TPSA) is 64.8 Å². The number of nitrogens with one attached hydrogen (secondary N) is 1. The fourth-order valence-corrected chi connectivity index (χ4v) is 2.13. The fourth-order valence-electron chi connectivity index (χ4n) is 1.23. The molecule has 1 atom stereocenters. The molecule has 2 N–H and O–H groups in total. The molecule has 78 valence electrons. The van der Waals surface area contributed by atoms with Crippen LogP contribution in [0.1, 0.15) is 0 Å². The van der Waals surface area contributed by atoms with Crippen molar-refractivity contribution in [2.24, 2.45) is 0 Å². The molecule has 0 saturated carbocycles. The largest absolute Gasteiger partial charge is 0.624 e. The predicted molar refractivity (Wildman–Crippen MR) is 52.0 cm³/mol. The minimum Gasteiger partial charge on any atom is -0.624 e. The third-order valence-electron chi connectivity index (χ3n) is 1.90. The summed E-state index contributed by atoms with van der Waals surface area (Å²) in [5.74, 6) is -1.65. The van der Waals surface area contributed by atoms with Gasteiger partial charge < -0.3 is 15.4 Å². The van der Waals surface area contributed by atoms with Gasteiger partial charge in [0, 0.05) is 6.07 Å². The Balaban J connectivity index is 2.44. The summed E-state index contributed by atoms with van der Waals surface area (Å²) in [5, 5.41) is 19.7. The van der Waals surface area contributed by atoms with Gasteiger partial charge in [-0.3, -0.25) is 0 Å². The molecule has 0 bridgehead atoms. The number of fused-ring (bicyclic) bond motifs is 1. The predicted octanol–water partition coefficient (Wildman–Crippen LogP) is 0.872. The van der Waals surface area contributed by atoms with Crippen molar-refractivity contribution in [3.63, 3.8) is 0 Å². The second-order valence-electron chi connectivity index (χ2n) is 2.92. The molecule has 15 heavy (non-hydrogen) atoms. The van der Waals surface area contributed by atoms with Gasteiger partial charge in [-0.05, 0) is 12.1 Å². The van der Waals surface area contributed by atoms with Crippen molar-refractivity contribution in [1.29, 1.82) is 0 Å². The summed E-state index contributed by atoms with van der Waals surface area (Å²) < 4.78 is 12.8. The van der Waals surface area contributed by atoms with Crippen LogP contribution in [0.3, 0.4) is 0 Å². The standard InChI is InChI=1S/C9H6FNO3S/c10-5-1-2-7-6(3-5)11(14)4-8(15-7)9(12)13/h1-4,11H,(H,12,13). The van der Waals surface area contributed by atoms with Crippen LogP contribution in [0.2, 0.25) is 0 Å². The van der Waals surface area contributed by atoms with Crippen LogP contribution in [0.4, 0.5) is 10.1 Å². The summed E-state index contributed by atoms with van der Waals surface area (Å²) in [5.41, 5.74) is 0.213. The van der Waals surface area contributed by atoms with E-state index in [1.165, 1.54) is 12.1 Å². The van der Waals surface area contributed by atoms with Gasteiger partial charge in [0.25, 0.3) is 0 Å². The van der Waals surface area contributed by atoms with Gasteiger partial charge in [0.1, 0.15) is 12.0 Å². The van der Waals surface area contributed by atoms with Gasteiger partial charge in [-0.15, -0.1) is 0 Å². The SMILES string of the molecule is O=C(O)C1=C[NH+]([O-])c2cc(F)ccc2S1. The molecule has 0 aromatic heterocycles. The molecule has 2 rings (SSSR count). The van der Waals surface area contributed by atoms with Crippen molar-refractivity contribution in [3.05, 3.63) is 40.3 Å². The van der Waals surface area contributed by atoms with Crippen LogP contribution in [0.15, 0.2) is 34.2 Å². The Labute approximate surface area is 88.6 Å². The summed E-state index contributed by atoms with van der Waals surface area (Å²) in [4.78, 5) is 11.1. The van der Waals surface area contributed by atoms with E-state index in [1.54, 1.807) is 0 Å². The number of benzene rings is 1. The summed E-state index contributed by atoms with van der Waals surface area (Å²) in [6.07, 6.45) is 1.01. The van der Waals surface area contributed by atoms with Crippen molar-refractivity contribution in [2.45, 2.75) is 4.90 Å². The van der Waals surface area contributed by atoms with Crippen LogP contribution in [0, 0.1) is 11.0 Å². The maximum absolute atomic E-state index is 12.8. The average molecular weight is 227 g/mol. The van der Waals surface area contributed by atoms with E-state index in [9.17, 15) is 14.4 Å². The second kappa shape index (κ2) is 3.65. The number of carboxylic acids is 1. The zero-order chi connectivity index (χ0) is 11.0. The van der Waals surface area contributed by atoms with Gasteiger partial charge in [-0.2, -0.15) is 0 Å². The first kappa shape index (κ1) is 10.2. The number of hydrogen-bond acceptors (Lipinski definition) is 3. The Morgan fingerprint density at radius 1 is 1.53 bits per heavy atom. The quantitative estimate of drug-likeness (QED) is 0.699. The summed E-state index contributed by atoms with van der Waals surface area (Å²) in [6.45, 7) is 0. The van der Waals surface area contributed by atoms with Crippen molar-refractivity contribution in [1.82, 2.24) is 0 Å². The van der Waals surface area contributed by atoms with Crippen LogP contribution in [-0.4, -0.2) is 11.1 Å². The molecule has 1 unspecified atom stereocenters. The number of hydroxylamine groups is 1. The van der Waals surface area contributed by atoms with E-state index in [0.717, 1.165) is 24.0 Å². The number of hydrogen-bond donors (Lipinski definition) is 2. The number of carbonyl (C=O) groups is 1. The average Bonchev–Trinajstić information content (AvgIpc) is 2.18. The van der Waals surface area contributed by atoms with Gasteiger partial charge in [0.15, 0.2) is 10.6 Å². The maximum Gasteiger partial charge on any atom is 0.348 e. The lowest BCUT2D eigenvalue weighted by Gasteiger charge is -2.24. The molecule has 0 aliphatic carbocycles. The molecule has 4 nitrogen and oxygen atoms in total. The number of carboxylic acid groups (broad SMARTS) is 1. The van der Waals surface area contributed by atoms with Gasteiger partial charge >= 0.3 is 5.97 Å². The first-order valence-electron chi connectivity index (χ1n) is 4.04. The fraction of sp³-hybridized carbons (Fsp3) is 0. The Morgan fingerprint density at radius 3 is 2.93 bits per heavy atom. The monoisotopic (exact) mass is 227 g/mol. The highest BCUT2D eigenvalue weighted by Crippen LogP contribution is 2.33.